The Balaban J connectivity index is 1.53. The number of unbranched alkanes of at least 4 members (excludes halogenated alkanes) is 2. The molecule has 1 aromatic heterocycles. The van der Waals surface area contributed by atoms with E-state index in [1.807, 2.05) is 68.4 Å². The number of hydroxylamine groups is 1. The van der Waals surface area contributed by atoms with Crippen LogP contribution in [0.15, 0.2) is 79.0 Å². The van der Waals surface area contributed by atoms with Crippen molar-refractivity contribution in [3.8, 4) is 0 Å². The number of carbonyl (C=O) groups is 3. The topological polar surface area (TPSA) is 132 Å². The minimum atomic E-state index is -0.832. The number of fused-ring (bicyclic) bond motifs is 1. The van der Waals surface area contributed by atoms with Gasteiger partial charge in [-0.1, -0.05) is 55.3 Å². The molecule has 4 aromatic rings. The minimum absolute atomic E-state index is 0.179. The quantitative estimate of drug-likeness (QED) is 0.0857. The van der Waals surface area contributed by atoms with E-state index in [0.717, 1.165) is 22.2 Å². The molecular formula is C32H35N5O4. The highest BCUT2D eigenvalue weighted by Crippen LogP contribution is 2.26. The van der Waals surface area contributed by atoms with Crippen LogP contribution in [-0.2, 0) is 9.59 Å². The first kappa shape index (κ1) is 29.2. The van der Waals surface area contributed by atoms with Crippen molar-refractivity contribution in [3.63, 3.8) is 0 Å². The lowest BCUT2D eigenvalue weighted by Crippen LogP contribution is -2.44. The molecule has 5 N–H and O–H groups in total. The largest absolute Gasteiger partial charge is 0.355 e. The number of para-hydroxylation sites is 2. The predicted molar refractivity (Wildman–Crippen MR) is 160 cm³/mol. The maximum atomic E-state index is 13.6. The zero-order valence-electron chi connectivity index (χ0n) is 23.2. The van der Waals surface area contributed by atoms with Gasteiger partial charge in [-0.3, -0.25) is 24.6 Å². The number of aromatic nitrogens is 1. The van der Waals surface area contributed by atoms with Crippen molar-refractivity contribution >= 4 is 45.7 Å². The summed E-state index contributed by atoms with van der Waals surface area (Å²) >= 11 is 0. The van der Waals surface area contributed by atoms with Gasteiger partial charge >= 0.3 is 0 Å². The van der Waals surface area contributed by atoms with Gasteiger partial charge in [0, 0.05) is 23.7 Å². The Bertz CT molecular complexity index is 1530. The van der Waals surface area contributed by atoms with Crippen LogP contribution in [0.2, 0.25) is 0 Å². The fraction of sp³-hybridized carbons (Fsp3) is 0.250. The first-order chi connectivity index (χ1) is 19.9. The van der Waals surface area contributed by atoms with Gasteiger partial charge in [-0.2, -0.15) is 0 Å². The van der Waals surface area contributed by atoms with Gasteiger partial charge in [0.25, 0.3) is 5.91 Å². The number of aryl methyl sites for hydroxylation is 1. The second-order valence-electron chi connectivity index (χ2n) is 9.95. The van der Waals surface area contributed by atoms with Crippen LogP contribution < -0.4 is 21.4 Å². The summed E-state index contributed by atoms with van der Waals surface area (Å²) in [5, 5.41) is 18.9. The Labute approximate surface area is 239 Å². The smallest absolute Gasteiger partial charge is 0.254 e. The fourth-order valence-electron chi connectivity index (χ4n) is 4.62. The molecule has 3 aromatic carbocycles. The van der Waals surface area contributed by atoms with Gasteiger partial charge in [0.15, 0.2) is 0 Å². The van der Waals surface area contributed by atoms with E-state index < -0.39 is 11.9 Å². The molecule has 0 fully saturated rings. The van der Waals surface area contributed by atoms with E-state index in [1.165, 1.54) is 0 Å². The molecule has 9 nitrogen and oxygen atoms in total. The van der Waals surface area contributed by atoms with E-state index in [2.05, 4.69) is 20.9 Å². The molecule has 0 saturated carbocycles. The Morgan fingerprint density at radius 2 is 1.56 bits per heavy atom. The summed E-state index contributed by atoms with van der Waals surface area (Å²) in [6.07, 6.45) is 3.99. The summed E-state index contributed by atoms with van der Waals surface area (Å²) in [4.78, 5) is 42.9. The molecule has 1 atom stereocenters. The van der Waals surface area contributed by atoms with Gasteiger partial charge in [-0.25, -0.2) is 5.48 Å². The van der Waals surface area contributed by atoms with Crippen molar-refractivity contribution < 1.29 is 19.6 Å². The molecule has 0 unspecified atom stereocenters. The first-order valence-corrected chi connectivity index (χ1v) is 13.7. The number of hydrogen-bond acceptors (Lipinski definition) is 6. The number of nitrogens with zero attached hydrogens (tertiary/aromatic N) is 1. The molecule has 0 aliphatic rings. The Hall–Kier alpha value is -4.76. The van der Waals surface area contributed by atoms with Gasteiger partial charge in [-0.05, 0) is 68.1 Å². The molecule has 3 amide bonds. The maximum absolute atomic E-state index is 13.6. The number of amides is 3. The van der Waals surface area contributed by atoms with Crippen LogP contribution in [0, 0.1) is 13.8 Å². The lowest BCUT2D eigenvalue weighted by Gasteiger charge is -2.20. The predicted octanol–water partition coefficient (Wildman–Crippen LogP) is 5.79. The average Bonchev–Trinajstić information content (AvgIpc) is 2.99. The molecule has 1 heterocycles. The Kier molecular flexibility index (Phi) is 10.0. The SMILES string of the molecule is Cc1cccc(Nc2ccccc2C(=O)N[C@@H](CCCCCC(=O)NO)C(=O)Nc2cccc3cccnc23)c1C. The van der Waals surface area contributed by atoms with Crippen molar-refractivity contribution in [1.29, 1.82) is 0 Å². The summed E-state index contributed by atoms with van der Waals surface area (Å²) < 4.78 is 0. The summed E-state index contributed by atoms with van der Waals surface area (Å²) in [6, 6.07) is 21.6. The van der Waals surface area contributed by atoms with E-state index >= 15 is 0 Å². The number of benzene rings is 3. The monoisotopic (exact) mass is 553 g/mol. The van der Waals surface area contributed by atoms with Crippen LogP contribution in [0.25, 0.3) is 10.9 Å². The number of anilines is 3. The van der Waals surface area contributed by atoms with Crippen LogP contribution in [0.3, 0.4) is 0 Å². The molecule has 212 valence electrons. The van der Waals surface area contributed by atoms with E-state index in [1.54, 1.807) is 29.9 Å². The summed E-state index contributed by atoms with van der Waals surface area (Å²) in [6.45, 7) is 4.05. The highest BCUT2D eigenvalue weighted by molar-refractivity contribution is 6.06. The molecule has 9 heteroatoms. The molecule has 0 aliphatic carbocycles. The van der Waals surface area contributed by atoms with Crippen LogP contribution >= 0.6 is 0 Å². The standard InChI is InChI=1S/C32H35N5O4/c1-21-11-8-17-25(22(21)2)34-26-15-7-6-14-24(26)31(39)36-28(16-4-3-5-19-29(38)37-41)32(40)35-27-18-9-12-23-13-10-20-33-30(23)27/h6-15,17-18,20,28,34,41H,3-5,16,19H2,1-2H3,(H,35,40)(H,36,39)(H,37,38)/t28-/m0/s1. The number of nitrogens with one attached hydrogen (secondary N) is 4. The number of pyridine rings is 1. The van der Waals surface area contributed by atoms with Gasteiger partial charge in [0.05, 0.1) is 22.5 Å². The maximum Gasteiger partial charge on any atom is 0.254 e. The summed E-state index contributed by atoms with van der Waals surface area (Å²) in [5.74, 6) is -1.19. The van der Waals surface area contributed by atoms with Crippen LogP contribution in [0.5, 0.6) is 0 Å². The second kappa shape index (κ2) is 14.0. The highest BCUT2D eigenvalue weighted by atomic mass is 16.5. The van der Waals surface area contributed by atoms with Crippen molar-refractivity contribution in [3.05, 3.63) is 95.7 Å². The van der Waals surface area contributed by atoms with Gasteiger partial charge in [-0.15, -0.1) is 0 Å². The van der Waals surface area contributed by atoms with Crippen molar-refractivity contribution in [1.82, 2.24) is 15.8 Å². The number of rotatable bonds is 12. The normalized spacial score (nSPS) is 11.5. The first-order valence-electron chi connectivity index (χ1n) is 13.7. The van der Waals surface area contributed by atoms with E-state index in [9.17, 15) is 14.4 Å². The van der Waals surface area contributed by atoms with E-state index in [-0.39, 0.29) is 18.2 Å². The van der Waals surface area contributed by atoms with Crippen LogP contribution in [-0.4, -0.2) is 34.0 Å². The zero-order chi connectivity index (χ0) is 29.2. The lowest BCUT2D eigenvalue weighted by molar-refractivity contribution is -0.129. The van der Waals surface area contributed by atoms with E-state index in [0.29, 0.717) is 48.1 Å². The van der Waals surface area contributed by atoms with Crippen molar-refractivity contribution in [2.45, 2.75) is 52.0 Å². The lowest BCUT2D eigenvalue weighted by atomic mass is 10.0. The Morgan fingerprint density at radius 3 is 2.39 bits per heavy atom. The number of hydrogen-bond donors (Lipinski definition) is 5. The highest BCUT2D eigenvalue weighted by Gasteiger charge is 2.23. The Morgan fingerprint density at radius 1 is 0.829 bits per heavy atom. The molecule has 0 spiro atoms. The second-order valence-corrected chi connectivity index (χ2v) is 9.95. The van der Waals surface area contributed by atoms with Crippen LogP contribution in [0.4, 0.5) is 17.1 Å². The number of carbonyl (C=O) groups excluding carboxylic acids is 3. The molecule has 0 radical (unpaired) electrons. The van der Waals surface area contributed by atoms with Crippen LogP contribution in [0.1, 0.15) is 53.6 Å². The third kappa shape index (κ3) is 7.67. The van der Waals surface area contributed by atoms with Crippen molar-refractivity contribution in [2.75, 3.05) is 10.6 Å². The molecule has 41 heavy (non-hydrogen) atoms. The fourth-order valence-corrected chi connectivity index (χ4v) is 4.62. The summed E-state index contributed by atoms with van der Waals surface area (Å²) in [7, 11) is 0. The average molecular weight is 554 g/mol. The third-order valence-electron chi connectivity index (χ3n) is 7.08. The third-order valence-corrected chi connectivity index (χ3v) is 7.08. The van der Waals surface area contributed by atoms with Gasteiger partial charge < -0.3 is 16.0 Å². The summed E-state index contributed by atoms with van der Waals surface area (Å²) in [5.41, 5.74) is 7.00. The molecule has 0 aliphatic heterocycles. The molecule has 0 saturated heterocycles. The van der Waals surface area contributed by atoms with Crippen molar-refractivity contribution in [2.24, 2.45) is 0 Å². The molecular weight excluding hydrogens is 518 g/mol. The molecule has 4 rings (SSSR count). The van der Waals surface area contributed by atoms with Gasteiger partial charge in [0.1, 0.15) is 6.04 Å². The zero-order valence-corrected chi connectivity index (χ0v) is 23.2. The minimum Gasteiger partial charge on any atom is -0.355 e. The van der Waals surface area contributed by atoms with E-state index in [4.69, 9.17) is 5.21 Å². The van der Waals surface area contributed by atoms with Gasteiger partial charge in [0.2, 0.25) is 11.8 Å². The molecule has 0 bridgehead atoms.